The van der Waals surface area contributed by atoms with Crippen LogP contribution in [0.25, 0.3) is 0 Å². The first-order valence-corrected chi connectivity index (χ1v) is 7.72. The molecule has 0 aromatic carbocycles. The molecule has 0 bridgehead atoms. The molecule has 1 saturated heterocycles. The molecule has 1 atom stereocenters. The molecule has 1 fully saturated rings. The molecule has 104 valence electrons. The zero-order valence-electron chi connectivity index (χ0n) is 11.1. The molecule has 4 N–H and O–H groups in total. The second-order valence-electron chi connectivity index (χ2n) is 4.67. The number of hydrazine groups is 1. The summed E-state index contributed by atoms with van der Waals surface area (Å²) in [4.78, 5) is 16.4. The van der Waals surface area contributed by atoms with Crippen LogP contribution in [0.2, 0.25) is 0 Å². The van der Waals surface area contributed by atoms with Crippen molar-refractivity contribution in [3.05, 3.63) is 23.4 Å². The van der Waals surface area contributed by atoms with Gasteiger partial charge in [0.05, 0.1) is 0 Å². The van der Waals surface area contributed by atoms with Gasteiger partial charge in [-0.3, -0.25) is 4.79 Å². The molecule has 0 aliphatic carbocycles. The van der Waals surface area contributed by atoms with Gasteiger partial charge >= 0.3 is 0 Å². The lowest BCUT2D eigenvalue weighted by molar-refractivity contribution is 0.0948. The van der Waals surface area contributed by atoms with Crippen LogP contribution in [0.1, 0.15) is 29.4 Å². The second kappa shape index (κ2) is 6.77. The van der Waals surface area contributed by atoms with Gasteiger partial charge in [-0.2, -0.15) is 11.8 Å². The van der Waals surface area contributed by atoms with Gasteiger partial charge < -0.3 is 10.7 Å². The van der Waals surface area contributed by atoms with Crippen LogP contribution in [-0.4, -0.2) is 28.9 Å². The molecule has 0 saturated carbocycles. The van der Waals surface area contributed by atoms with E-state index in [9.17, 15) is 4.79 Å². The molecule has 1 aliphatic heterocycles. The highest BCUT2D eigenvalue weighted by molar-refractivity contribution is 7.99. The number of amides is 1. The molecule has 0 spiro atoms. The van der Waals surface area contributed by atoms with Crippen molar-refractivity contribution >= 4 is 23.5 Å². The molecule has 1 unspecified atom stereocenters. The van der Waals surface area contributed by atoms with E-state index in [0.717, 1.165) is 24.4 Å². The molecule has 1 aromatic heterocycles. The number of hydrogen-bond acceptors (Lipinski definition) is 5. The Bertz CT molecular complexity index is 424. The molecule has 5 nitrogen and oxygen atoms in total. The van der Waals surface area contributed by atoms with E-state index >= 15 is 0 Å². The summed E-state index contributed by atoms with van der Waals surface area (Å²) in [6.07, 6.45) is 1.96. The standard InChI is InChI=1S/C13H20N4OS/c1-2-11-5-10(6-12(16-11)17-14)13(18)15-7-9-3-4-19-8-9/h5-6,9H,2-4,7-8,14H2,1H3,(H,15,18)(H,16,17). The van der Waals surface area contributed by atoms with Crippen molar-refractivity contribution in [3.8, 4) is 0 Å². The summed E-state index contributed by atoms with van der Waals surface area (Å²) in [5.74, 6) is 8.80. The van der Waals surface area contributed by atoms with Gasteiger partial charge in [0, 0.05) is 17.8 Å². The number of nitrogens with zero attached hydrogens (tertiary/aromatic N) is 1. The van der Waals surface area contributed by atoms with Gasteiger partial charge in [0.1, 0.15) is 5.82 Å². The summed E-state index contributed by atoms with van der Waals surface area (Å²) in [5, 5.41) is 2.99. The van der Waals surface area contributed by atoms with Crippen molar-refractivity contribution in [1.29, 1.82) is 0 Å². The van der Waals surface area contributed by atoms with Crippen LogP contribution in [0.3, 0.4) is 0 Å². The highest BCUT2D eigenvalue weighted by Crippen LogP contribution is 2.22. The zero-order chi connectivity index (χ0) is 13.7. The predicted molar refractivity (Wildman–Crippen MR) is 79.2 cm³/mol. The number of rotatable bonds is 5. The fourth-order valence-corrected chi connectivity index (χ4v) is 3.34. The molecule has 1 aliphatic rings. The average Bonchev–Trinajstić information content (AvgIpc) is 2.97. The van der Waals surface area contributed by atoms with Gasteiger partial charge in [-0.25, -0.2) is 10.8 Å². The number of carbonyl (C=O) groups is 1. The van der Waals surface area contributed by atoms with Crippen molar-refractivity contribution in [3.63, 3.8) is 0 Å². The number of aromatic nitrogens is 1. The summed E-state index contributed by atoms with van der Waals surface area (Å²) < 4.78 is 0. The fourth-order valence-electron chi connectivity index (χ4n) is 2.06. The largest absolute Gasteiger partial charge is 0.352 e. The molecular weight excluding hydrogens is 260 g/mol. The Hall–Kier alpha value is -1.27. The van der Waals surface area contributed by atoms with Crippen molar-refractivity contribution < 1.29 is 4.79 Å². The summed E-state index contributed by atoms with van der Waals surface area (Å²) in [5.41, 5.74) is 3.97. The van der Waals surface area contributed by atoms with E-state index < -0.39 is 0 Å². The van der Waals surface area contributed by atoms with Gasteiger partial charge in [0.25, 0.3) is 5.91 Å². The van der Waals surface area contributed by atoms with E-state index in [2.05, 4.69) is 15.7 Å². The zero-order valence-corrected chi connectivity index (χ0v) is 11.9. The van der Waals surface area contributed by atoms with Crippen LogP contribution in [0, 0.1) is 5.92 Å². The van der Waals surface area contributed by atoms with Crippen LogP contribution >= 0.6 is 11.8 Å². The first-order valence-electron chi connectivity index (χ1n) is 6.56. The third-order valence-electron chi connectivity index (χ3n) is 3.23. The Morgan fingerprint density at radius 1 is 1.58 bits per heavy atom. The summed E-state index contributed by atoms with van der Waals surface area (Å²) >= 11 is 1.95. The van der Waals surface area contributed by atoms with Crippen LogP contribution in [0.5, 0.6) is 0 Å². The maximum absolute atomic E-state index is 12.1. The highest BCUT2D eigenvalue weighted by Gasteiger charge is 2.17. The number of aryl methyl sites for hydroxylation is 1. The minimum absolute atomic E-state index is 0.0505. The quantitative estimate of drug-likeness (QED) is 0.561. The number of nitrogens with one attached hydrogen (secondary N) is 2. The van der Waals surface area contributed by atoms with Gasteiger partial charge in [-0.15, -0.1) is 0 Å². The highest BCUT2D eigenvalue weighted by atomic mass is 32.2. The third kappa shape index (κ3) is 3.84. The molecular formula is C13H20N4OS. The second-order valence-corrected chi connectivity index (χ2v) is 5.82. The smallest absolute Gasteiger partial charge is 0.251 e. The van der Waals surface area contributed by atoms with Crippen LogP contribution in [-0.2, 0) is 6.42 Å². The van der Waals surface area contributed by atoms with Crippen molar-refractivity contribution in [1.82, 2.24) is 10.3 Å². The lowest BCUT2D eigenvalue weighted by atomic mass is 10.1. The summed E-state index contributed by atoms with van der Waals surface area (Å²) in [6.45, 7) is 2.75. The number of nitrogen functional groups attached to an aromatic ring is 1. The topological polar surface area (TPSA) is 80.0 Å². The number of pyridine rings is 1. The minimum Gasteiger partial charge on any atom is -0.352 e. The lowest BCUT2D eigenvalue weighted by Crippen LogP contribution is -2.29. The van der Waals surface area contributed by atoms with Crippen LogP contribution in [0.4, 0.5) is 5.82 Å². The fraction of sp³-hybridized carbons (Fsp3) is 0.538. The Morgan fingerprint density at radius 3 is 3.05 bits per heavy atom. The van der Waals surface area contributed by atoms with Crippen LogP contribution in [0.15, 0.2) is 12.1 Å². The lowest BCUT2D eigenvalue weighted by Gasteiger charge is -2.11. The van der Waals surface area contributed by atoms with Gasteiger partial charge in [0.2, 0.25) is 0 Å². The number of anilines is 1. The normalized spacial score (nSPS) is 18.3. The van der Waals surface area contributed by atoms with E-state index in [0.29, 0.717) is 17.3 Å². The van der Waals surface area contributed by atoms with Gasteiger partial charge in [0.15, 0.2) is 0 Å². The molecule has 19 heavy (non-hydrogen) atoms. The number of thioether (sulfide) groups is 1. The minimum atomic E-state index is -0.0505. The first-order chi connectivity index (χ1) is 9.22. The summed E-state index contributed by atoms with van der Waals surface area (Å²) in [6, 6.07) is 3.50. The molecule has 0 radical (unpaired) electrons. The van der Waals surface area contributed by atoms with Crippen molar-refractivity contribution in [2.75, 3.05) is 23.5 Å². The maximum Gasteiger partial charge on any atom is 0.251 e. The predicted octanol–water partition coefficient (Wildman–Crippen LogP) is 1.41. The Kier molecular flexibility index (Phi) is 5.04. The van der Waals surface area contributed by atoms with Crippen molar-refractivity contribution in [2.45, 2.75) is 19.8 Å². The third-order valence-corrected chi connectivity index (χ3v) is 4.46. The van der Waals surface area contributed by atoms with E-state index in [1.165, 1.54) is 12.2 Å². The average molecular weight is 280 g/mol. The van der Waals surface area contributed by atoms with E-state index in [4.69, 9.17) is 5.84 Å². The number of carbonyl (C=O) groups excluding carboxylic acids is 1. The molecule has 1 aromatic rings. The molecule has 2 heterocycles. The molecule has 1 amide bonds. The summed E-state index contributed by atoms with van der Waals surface area (Å²) in [7, 11) is 0. The monoisotopic (exact) mass is 280 g/mol. The number of nitrogens with two attached hydrogens (primary N) is 1. The molecule has 2 rings (SSSR count). The van der Waals surface area contributed by atoms with E-state index in [-0.39, 0.29) is 5.91 Å². The Morgan fingerprint density at radius 2 is 2.42 bits per heavy atom. The molecule has 6 heteroatoms. The Labute approximate surface area is 117 Å². The van der Waals surface area contributed by atoms with Crippen LogP contribution < -0.4 is 16.6 Å². The maximum atomic E-state index is 12.1. The van der Waals surface area contributed by atoms with Crippen molar-refractivity contribution in [2.24, 2.45) is 11.8 Å². The first kappa shape index (κ1) is 14.1. The van der Waals surface area contributed by atoms with E-state index in [1.807, 2.05) is 24.8 Å². The number of hydrogen-bond donors (Lipinski definition) is 3. The van der Waals surface area contributed by atoms with Gasteiger partial charge in [-0.05, 0) is 42.4 Å². The SMILES string of the molecule is CCc1cc(C(=O)NCC2CCSC2)cc(NN)n1. The Balaban J connectivity index is 2.00. The van der Waals surface area contributed by atoms with Gasteiger partial charge in [-0.1, -0.05) is 6.92 Å². The van der Waals surface area contributed by atoms with E-state index in [1.54, 1.807) is 6.07 Å².